The van der Waals surface area contributed by atoms with Crippen molar-refractivity contribution in [1.29, 1.82) is 0 Å². The maximum atomic E-state index is 11.5. The van der Waals surface area contributed by atoms with E-state index in [2.05, 4.69) is 0 Å². The molecule has 1 rings (SSSR count). The van der Waals surface area contributed by atoms with Crippen LogP contribution in [0.4, 0.5) is 0 Å². The molecule has 4 heteroatoms. The Labute approximate surface area is 81.4 Å². The lowest BCUT2D eigenvalue weighted by molar-refractivity contribution is 0.0487. The Morgan fingerprint density at radius 1 is 1.21 bits per heavy atom. The highest BCUT2D eigenvalue weighted by Gasteiger charge is 2.25. The van der Waals surface area contributed by atoms with Crippen LogP contribution in [0, 0.1) is 0 Å². The summed E-state index contributed by atoms with van der Waals surface area (Å²) in [6.07, 6.45) is 0. The lowest BCUT2D eigenvalue weighted by atomic mass is 9.97. The molecule has 0 aliphatic heterocycles. The van der Waals surface area contributed by atoms with E-state index < -0.39 is 11.4 Å². The first-order chi connectivity index (χ1) is 6.32. The molecule has 0 atom stereocenters. The Bertz CT molecular complexity index is 363. The smallest absolute Gasteiger partial charge is 0.193 e. The molecule has 4 nitrogen and oxygen atoms in total. The van der Waals surface area contributed by atoms with Gasteiger partial charge in [-0.3, -0.25) is 4.79 Å². The summed E-state index contributed by atoms with van der Waals surface area (Å²) < 4.78 is 0. The number of aromatic hydroxyl groups is 2. The zero-order valence-corrected chi connectivity index (χ0v) is 7.98. The second-order valence-electron chi connectivity index (χ2n) is 3.59. The maximum Gasteiger partial charge on any atom is 0.193 e. The lowest BCUT2D eigenvalue weighted by Crippen LogP contribution is -2.30. The number of aliphatic hydroxyl groups is 1. The van der Waals surface area contributed by atoms with E-state index in [0.29, 0.717) is 0 Å². The van der Waals surface area contributed by atoms with Crippen LogP contribution >= 0.6 is 0 Å². The van der Waals surface area contributed by atoms with Crippen LogP contribution < -0.4 is 0 Å². The minimum atomic E-state index is -1.48. The Morgan fingerprint density at radius 3 is 2.21 bits per heavy atom. The van der Waals surface area contributed by atoms with Crippen molar-refractivity contribution < 1.29 is 20.1 Å². The van der Waals surface area contributed by atoms with Crippen LogP contribution in [0.1, 0.15) is 24.2 Å². The molecule has 0 amide bonds. The van der Waals surface area contributed by atoms with Gasteiger partial charge in [-0.05, 0) is 32.0 Å². The van der Waals surface area contributed by atoms with Gasteiger partial charge in [0.2, 0.25) is 0 Å². The van der Waals surface area contributed by atoms with Gasteiger partial charge in [0.25, 0.3) is 0 Å². The maximum absolute atomic E-state index is 11.5. The number of rotatable bonds is 2. The summed E-state index contributed by atoms with van der Waals surface area (Å²) in [5, 5.41) is 27.5. The van der Waals surface area contributed by atoms with Crippen LogP contribution in [0.25, 0.3) is 0 Å². The molecule has 0 saturated carbocycles. The fourth-order valence-electron chi connectivity index (χ4n) is 1.02. The van der Waals surface area contributed by atoms with Gasteiger partial charge in [0.15, 0.2) is 17.3 Å². The van der Waals surface area contributed by atoms with E-state index in [1.54, 1.807) is 0 Å². The van der Waals surface area contributed by atoms with Gasteiger partial charge in [0.05, 0.1) is 0 Å². The first-order valence-corrected chi connectivity index (χ1v) is 4.11. The molecule has 0 fully saturated rings. The third-order valence-electron chi connectivity index (χ3n) is 1.79. The normalized spacial score (nSPS) is 11.4. The summed E-state index contributed by atoms with van der Waals surface area (Å²) in [6, 6.07) is 3.67. The second-order valence-corrected chi connectivity index (χ2v) is 3.59. The van der Waals surface area contributed by atoms with Gasteiger partial charge in [0, 0.05) is 5.56 Å². The van der Waals surface area contributed by atoms with Crippen molar-refractivity contribution in [2.24, 2.45) is 0 Å². The van der Waals surface area contributed by atoms with E-state index in [9.17, 15) is 9.90 Å². The van der Waals surface area contributed by atoms with Gasteiger partial charge in [0.1, 0.15) is 5.60 Å². The number of carbonyl (C=O) groups is 1. The van der Waals surface area contributed by atoms with Gasteiger partial charge < -0.3 is 15.3 Å². The SMILES string of the molecule is CC(C)(O)C(=O)c1ccc(O)c(O)c1. The third-order valence-corrected chi connectivity index (χ3v) is 1.79. The van der Waals surface area contributed by atoms with E-state index in [1.165, 1.54) is 26.0 Å². The van der Waals surface area contributed by atoms with E-state index in [1.807, 2.05) is 0 Å². The van der Waals surface area contributed by atoms with Crippen molar-refractivity contribution in [2.75, 3.05) is 0 Å². The van der Waals surface area contributed by atoms with E-state index in [0.717, 1.165) is 6.07 Å². The summed E-state index contributed by atoms with van der Waals surface area (Å²) >= 11 is 0. The summed E-state index contributed by atoms with van der Waals surface area (Å²) in [5.41, 5.74) is -1.32. The topological polar surface area (TPSA) is 77.8 Å². The number of ketones is 1. The van der Waals surface area contributed by atoms with Gasteiger partial charge >= 0.3 is 0 Å². The van der Waals surface area contributed by atoms with Crippen molar-refractivity contribution in [3.63, 3.8) is 0 Å². The Morgan fingerprint density at radius 2 is 1.79 bits per heavy atom. The Hall–Kier alpha value is -1.55. The molecule has 0 aliphatic carbocycles. The van der Waals surface area contributed by atoms with Crippen molar-refractivity contribution in [2.45, 2.75) is 19.4 Å². The number of phenols is 2. The number of phenolic OH excluding ortho intramolecular Hbond substituents is 2. The van der Waals surface area contributed by atoms with Gasteiger partial charge in [-0.25, -0.2) is 0 Å². The average molecular weight is 196 g/mol. The highest BCUT2D eigenvalue weighted by molar-refractivity contribution is 6.02. The van der Waals surface area contributed by atoms with Crippen molar-refractivity contribution in [3.8, 4) is 11.5 Å². The molecule has 0 heterocycles. The molecule has 14 heavy (non-hydrogen) atoms. The third kappa shape index (κ3) is 2.03. The fraction of sp³-hybridized carbons (Fsp3) is 0.300. The van der Waals surface area contributed by atoms with Crippen LogP contribution in [0.15, 0.2) is 18.2 Å². The summed E-state index contributed by atoms with van der Waals surface area (Å²) in [7, 11) is 0. The molecule has 0 aliphatic rings. The van der Waals surface area contributed by atoms with Crippen molar-refractivity contribution >= 4 is 5.78 Å². The molecule has 76 valence electrons. The standard InChI is InChI=1S/C10H12O4/c1-10(2,14)9(13)6-3-4-7(11)8(12)5-6/h3-5,11-12,14H,1-2H3. The van der Waals surface area contributed by atoms with Crippen LogP contribution in [0.3, 0.4) is 0 Å². The Kier molecular flexibility index (Phi) is 2.49. The fourth-order valence-corrected chi connectivity index (χ4v) is 1.02. The van der Waals surface area contributed by atoms with Crippen LogP contribution in [-0.2, 0) is 0 Å². The summed E-state index contributed by atoms with van der Waals surface area (Å²) in [4.78, 5) is 11.5. The van der Waals surface area contributed by atoms with Crippen LogP contribution in [0.2, 0.25) is 0 Å². The number of hydrogen-bond acceptors (Lipinski definition) is 4. The number of carbonyl (C=O) groups excluding carboxylic acids is 1. The van der Waals surface area contributed by atoms with Gasteiger partial charge in [-0.1, -0.05) is 0 Å². The molecule has 0 spiro atoms. The lowest BCUT2D eigenvalue weighted by Gasteiger charge is -2.15. The highest BCUT2D eigenvalue weighted by atomic mass is 16.3. The predicted octanol–water partition coefficient (Wildman–Crippen LogP) is 1.05. The molecule has 0 radical (unpaired) electrons. The quantitative estimate of drug-likeness (QED) is 0.488. The number of hydrogen-bond donors (Lipinski definition) is 3. The number of Topliss-reactive ketones (excluding diaryl/α,β-unsaturated/α-hetero) is 1. The molecular weight excluding hydrogens is 184 g/mol. The minimum absolute atomic E-state index is 0.160. The average Bonchev–Trinajstić information content (AvgIpc) is 2.07. The number of benzene rings is 1. The zero-order valence-electron chi connectivity index (χ0n) is 7.98. The predicted molar refractivity (Wildman–Crippen MR) is 50.4 cm³/mol. The molecule has 0 bridgehead atoms. The van der Waals surface area contributed by atoms with E-state index >= 15 is 0 Å². The Balaban J connectivity index is 3.10. The van der Waals surface area contributed by atoms with Crippen LogP contribution in [0.5, 0.6) is 11.5 Å². The van der Waals surface area contributed by atoms with Gasteiger partial charge in [-0.2, -0.15) is 0 Å². The largest absolute Gasteiger partial charge is 0.504 e. The van der Waals surface area contributed by atoms with Crippen LogP contribution in [-0.4, -0.2) is 26.7 Å². The first kappa shape index (κ1) is 10.5. The molecule has 1 aromatic carbocycles. The van der Waals surface area contributed by atoms with Crippen molar-refractivity contribution in [1.82, 2.24) is 0 Å². The minimum Gasteiger partial charge on any atom is -0.504 e. The highest BCUT2D eigenvalue weighted by Crippen LogP contribution is 2.26. The van der Waals surface area contributed by atoms with Crippen molar-refractivity contribution in [3.05, 3.63) is 23.8 Å². The molecule has 1 aromatic rings. The summed E-state index contributed by atoms with van der Waals surface area (Å²) in [6.45, 7) is 2.72. The first-order valence-electron chi connectivity index (χ1n) is 4.11. The van der Waals surface area contributed by atoms with E-state index in [-0.39, 0.29) is 17.1 Å². The monoisotopic (exact) mass is 196 g/mol. The zero-order chi connectivity index (χ0) is 10.9. The van der Waals surface area contributed by atoms with Gasteiger partial charge in [-0.15, -0.1) is 0 Å². The van der Waals surface area contributed by atoms with E-state index in [4.69, 9.17) is 10.2 Å². The second kappa shape index (κ2) is 3.31. The molecule has 3 N–H and O–H groups in total. The molecule has 0 saturated heterocycles. The molecular formula is C10H12O4. The molecule has 0 aromatic heterocycles. The molecule has 0 unspecified atom stereocenters. The summed E-state index contributed by atoms with van der Waals surface area (Å²) in [5.74, 6) is -1.18.